The maximum Gasteiger partial charge on any atom is 0.327 e. The predicted molar refractivity (Wildman–Crippen MR) is 88.2 cm³/mol. The minimum Gasteiger partial charge on any atom is -0.396 e. The first kappa shape index (κ1) is 17.7. The summed E-state index contributed by atoms with van der Waals surface area (Å²) in [4.78, 5) is 22.8. The lowest BCUT2D eigenvalue weighted by atomic mass is 10.3. The Bertz CT molecular complexity index is 521. The van der Waals surface area contributed by atoms with Gasteiger partial charge in [-0.2, -0.15) is 0 Å². The molecule has 0 aliphatic carbocycles. The molecule has 1 rings (SSSR count). The Morgan fingerprint density at radius 1 is 1.14 bits per heavy atom. The summed E-state index contributed by atoms with van der Waals surface area (Å²) >= 11 is 4.97. The number of thiocarbonyl (C=S) groups is 1. The number of aliphatic hydroxyl groups excluding tert-OH is 1. The van der Waals surface area contributed by atoms with Crippen LogP contribution in [0.5, 0.6) is 0 Å². The number of hydrazine groups is 1. The fraction of sp³-hybridized carbons (Fsp3) is 0.308. The van der Waals surface area contributed by atoms with Crippen molar-refractivity contribution in [2.24, 2.45) is 0 Å². The molecule has 9 heteroatoms. The van der Waals surface area contributed by atoms with Gasteiger partial charge in [0.05, 0.1) is 5.69 Å². The minimum atomic E-state index is -0.809. The van der Waals surface area contributed by atoms with Gasteiger partial charge in [0.1, 0.15) is 0 Å². The molecule has 6 N–H and O–H groups in total. The molecule has 0 fully saturated rings. The van der Waals surface area contributed by atoms with Crippen LogP contribution in [0.25, 0.3) is 0 Å². The molecule has 0 aromatic heterocycles. The normalized spacial score (nSPS) is 9.55. The third-order valence-corrected chi connectivity index (χ3v) is 2.82. The van der Waals surface area contributed by atoms with Gasteiger partial charge in [-0.1, -0.05) is 0 Å². The number of hydrogen-bond acceptors (Lipinski definition) is 5. The van der Waals surface area contributed by atoms with Crippen LogP contribution < -0.4 is 26.8 Å². The zero-order valence-electron chi connectivity index (χ0n) is 12.1. The molecule has 0 saturated carbocycles. The zero-order chi connectivity index (χ0) is 16.4. The van der Waals surface area contributed by atoms with Gasteiger partial charge in [-0.05, 0) is 42.9 Å². The molecule has 0 aliphatic rings. The van der Waals surface area contributed by atoms with E-state index in [1.54, 1.807) is 31.3 Å². The van der Waals surface area contributed by atoms with Crippen LogP contribution in [0.4, 0.5) is 11.4 Å². The van der Waals surface area contributed by atoms with Gasteiger partial charge in [0.25, 0.3) is 0 Å². The van der Waals surface area contributed by atoms with Crippen molar-refractivity contribution >= 4 is 40.5 Å². The number of aliphatic hydroxyl groups is 1. The third kappa shape index (κ3) is 6.37. The van der Waals surface area contributed by atoms with Crippen LogP contribution in [0.3, 0.4) is 0 Å². The fourth-order valence-electron chi connectivity index (χ4n) is 1.38. The van der Waals surface area contributed by atoms with E-state index in [4.69, 9.17) is 17.3 Å². The molecule has 0 heterocycles. The molecule has 1 aromatic rings. The summed E-state index contributed by atoms with van der Waals surface area (Å²) in [6.45, 7) is 0.200. The van der Waals surface area contributed by atoms with Crippen LogP contribution in [-0.4, -0.2) is 42.2 Å². The second-order valence-corrected chi connectivity index (χ2v) is 4.60. The van der Waals surface area contributed by atoms with Crippen LogP contribution in [0, 0.1) is 0 Å². The van der Waals surface area contributed by atoms with Crippen LogP contribution in [0.2, 0.25) is 0 Å². The standard InChI is InChI=1S/C13H19N5O3S/c1-14-13(22)16-9-3-5-10(6-4-9)17-18-12(21)11(20)15-7-2-8-19/h3-6,17,19H,2,7-8H2,1H3,(H,15,20)(H,18,21)(H2,14,16,22). The van der Waals surface area contributed by atoms with E-state index in [0.29, 0.717) is 17.2 Å². The van der Waals surface area contributed by atoms with Crippen LogP contribution in [0.1, 0.15) is 6.42 Å². The Balaban J connectivity index is 2.39. The van der Waals surface area contributed by atoms with Crippen molar-refractivity contribution in [3.05, 3.63) is 24.3 Å². The molecule has 8 nitrogen and oxygen atoms in total. The molecule has 0 radical (unpaired) electrons. The van der Waals surface area contributed by atoms with Gasteiger partial charge in [0, 0.05) is 25.9 Å². The Hall–Kier alpha value is -2.39. The number of carbonyl (C=O) groups is 2. The lowest BCUT2D eigenvalue weighted by Gasteiger charge is -2.10. The van der Waals surface area contributed by atoms with Gasteiger partial charge >= 0.3 is 11.8 Å². The Labute approximate surface area is 133 Å². The van der Waals surface area contributed by atoms with Crippen molar-refractivity contribution in [2.75, 3.05) is 30.9 Å². The highest BCUT2D eigenvalue weighted by Crippen LogP contribution is 2.12. The van der Waals surface area contributed by atoms with Crippen LogP contribution in [0.15, 0.2) is 24.3 Å². The first-order valence-corrected chi connectivity index (χ1v) is 7.01. The highest BCUT2D eigenvalue weighted by Gasteiger charge is 2.11. The number of amides is 2. The molecule has 0 unspecified atom stereocenters. The van der Waals surface area contributed by atoms with Crippen LogP contribution >= 0.6 is 12.2 Å². The quantitative estimate of drug-likeness (QED) is 0.182. The second-order valence-electron chi connectivity index (χ2n) is 4.19. The largest absolute Gasteiger partial charge is 0.396 e. The molecular weight excluding hydrogens is 306 g/mol. The van der Waals surface area contributed by atoms with E-state index in [1.165, 1.54) is 0 Å². The third-order valence-electron chi connectivity index (χ3n) is 2.52. The number of rotatable bonds is 6. The summed E-state index contributed by atoms with van der Waals surface area (Å²) in [5.74, 6) is -1.57. The number of nitrogens with one attached hydrogen (secondary N) is 5. The monoisotopic (exact) mass is 325 g/mol. The maximum absolute atomic E-state index is 11.5. The highest BCUT2D eigenvalue weighted by molar-refractivity contribution is 7.80. The average molecular weight is 325 g/mol. The lowest BCUT2D eigenvalue weighted by molar-refractivity contribution is -0.138. The number of hydrogen-bond donors (Lipinski definition) is 6. The number of anilines is 2. The van der Waals surface area contributed by atoms with E-state index in [2.05, 4.69) is 26.8 Å². The molecular formula is C13H19N5O3S. The van der Waals surface area contributed by atoms with Crippen LogP contribution in [-0.2, 0) is 9.59 Å². The average Bonchev–Trinajstić information content (AvgIpc) is 2.53. The van der Waals surface area contributed by atoms with Gasteiger partial charge in [0.15, 0.2) is 5.11 Å². The summed E-state index contributed by atoms with van der Waals surface area (Å²) < 4.78 is 0. The molecule has 0 aliphatic heterocycles. The summed E-state index contributed by atoms with van der Waals surface area (Å²) in [6, 6.07) is 6.95. The molecule has 0 bridgehead atoms. The van der Waals surface area contributed by atoms with Crippen molar-refractivity contribution in [1.29, 1.82) is 0 Å². The first-order valence-electron chi connectivity index (χ1n) is 6.60. The topological polar surface area (TPSA) is 115 Å². The number of benzene rings is 1. The summed E-state index contributed by atoms with van der Waals surface area (Å²) in [5.41, 5.74) is 6.30. The first-order chi connectivity index (χ1) is 10.6. The minimum absolute atomic E-state index is 0.0441. The molecule has 22 heavy (non-hydrogen) atoms. The van der Waals surface area contributed by atoms with E-state index < -0.39 is 11.8 Å². The Morgan fingerprint density at radius 2 is 1.77 bits per heavy atom. The van der Waals surface area contributed by atoms with Gasteiger partial charge in [-0.15, -0.1) is 0 Å². The second kappa shape index (κ2) is 9.53. The number of carbonyl (C=O) groups excluding carboxylic acids is 2. The van der Waals surface area contributed by atoms with Crippen molar-refractivity contribution in [1.82, 2.24) is 16.1 Å². The van der Waals surface area contributed by atoms with Gasteiger partial charge in [-0.25, -0.2) is 0 Å². The Morgan fingerprint density at radius 3 is 2.36 bits per heavy atom. The SMILES string of the molecule is CNC(=S)Nc1ccc(NNC(=O)C(=O)NCCCO)cc1. The molecule has 0 atom stereocenters. The van der Waals surface area contributed by atoms with Crippen molar-refractivity contribution in [3.63, 3.8) is 0 Å². The fourth-order valence-corrected chi connectivity index (χ4v) is 1.50. The smallest absolute Gasteiger partial charge is 0.327 e. The van der Waals surface area contributed by atoms with E-state index in [0.717, 1.165) is 5.69 Å². The summed E-state index contributed by atoms with van der Waals surface area (Å²) in [6.07, 6.45) is 0.398. The molecule has 2 amide bonds. The molecule has 0 saturated heterocycles. The van der Waals surface area contributed by atoms with E-state index in [1.807, 2.05) is 0 Å². The van der Waals surface area contributed by atoms with Gasteiger partial charge in [0.2, 0.25) is 0 Å². The molecule has 0 spiro atoms. The maximum atomic E-state index is 11.5. The van der Waals surface area contributed by atoms with Crippen molar-refractivity contribution in [3.8, 4) is 0 Å². The van der Waals surface area contributed by atoms with E-state index in [9.17, 15) is 9.59 Å². The van der Waals surface area contributed by atoms with Gasteiger partial charge in [-0.3, -0.25) is 20.4 Å². The summed E-state index contributed by atoms with van der Waals surface area (Å²) in [7, 11) is 1.71. The highest BCUT2D eigenvalue weighted by atomic mass is 32.1. The lowest BCUT2D eigenvalue weighted by Crippen LogP contribution is -2.42. The van der Waals surface area contributed by atoms with Crippen molar-refractivity contribution < 1.29 is 14.7 Å². The Kier molecular flexibility index (Phi) is 7.65. The summed E-state index contributed by atoms with van der Waals surface area (Å²) in [5, 5.41) is 17.2. The van der Waals surface area contributed by atoms with Crippen molar-refractivity contribution in [2.45, 2.75) is 6.42 Å². The zero-order valence-corrected chi connectivity index (χ0v) is 12.9. The van der Waals surface area contributed by atoms with E-state index >= 15 is 0 Å². The van der Waals surface area contributed by atoms with E-state index in [-0.39, 0.29) is 13.2 Å². The predicted octanol–water partition coefficient (Wildman–Crippen LogP) is -0.455. The van der Waals surface area contributed by atoms with Gasteiger partial charge < -0.3 is 21.1 Å². The molecule has 120 valence electrons. The molecule has 1 aromatic carbocycles.